The van der Waals surface area contributed by atoms with Crippen molar-refractivity contribution in [2.24, 2.45) is 11.8 Å². The lowest BCUT2D eigenvalue weighted by Crippen LogP contribution is -2.45. The van der Waals surface area contributed by atoms with E-state index >= 15 is 0 Å². The number of hydrogen-bond donors (Lipinski definition) is 2. The summed E-state index contributed by atoms with van der Waals surface area (Å²) in [4.78, 5) is 24.7. The van der Waals surface area contributed by atoms with Crippen LogP contribution in [0, 0.1) is 11.8 Å². The molecule has 0 saturated heterocycles. The van der Waals surface area contributed by atoms with Crippen LogP contribution < -0.4 is 5.32 Å². The van der Waals surface area contributed by atoms with E-state index in [1.807, 2.05) is 18.7 Å². The first-order valence-corrected chi connectivity index (χ1v) is 8.09. The van der Waals surface area contributed by atoms with Crippen LogP contribution in [-0.4, -0.2) is 41.1 Å². The van der Waals surface area contributed by atoms with Crippen LogP contribution in [0.2, 0.25) is 0 Å². The summed E-state index contributed by atoms with van der Waals surface area (Å²) in [6.07, 6.45) is 3.34. The maximum absolute atomic E-state index is 12.2. The average molecular weight is 300 g/mol. The largest absolute Gasteiger partial charge is 0.481 e. The fraction of sp³-hybridized carbons (Fsp3) is 0.875. The van der Waals surface area contributed by atoms with E-state index in [2.05, 4.69) is 19.2 Å². The van der Waals surface area contributed by atoms with Crippen LogP contribution in [0.3, 0.4) is 0 Å². The zero-order chi connectivity index (χ0) is 16.4. The topological polar surface area (TPSA) is 69.6 Å². The Labute approximate surface area is 129 Å². The molecule has 5 heteroatoms. The highest BCUT2D eigenvalue weighted by Gasteiger charge is 2.17. The molecule has 0 aliphatic carbocycles. The van der Waals surface area contributed by atoms with Gasteiger partial charge >= 0.3 is 12.0 Å². The Kier molecular flexibility index (Phi) is 9.84. The minimum atomic E-state index is -0.752. The van der Waals surface area contributed by atoms with Crippen molar-refractivity contribution in [1.29, 1.82) is 0 Å². The van der Waals surface area contributed by atoms with Crippen molar-refractivity contribution in [3.05, 3.63) is 0 Å². The number of nitrogens with one attached hydrogen (secondary N) is 1. The molecule has 0 heterocycles. The molecule has 0 rings (SSSR count). The van der Waals surface area contributed by atoms with Gasteiger partial charge in [-0.3, -0.25) is 4.79 Å². The molecule has 0 aliphatic heterocycles. The van der Waals surface area contributed by atoms with Crippen molar-refractivity contribution in [2.45, 2.75) is 66.3 Å². The van der Waals surface area contributed by atoms with Gasteiger partial charge in [0.25, 0.3) is 0 Å². The molecule has 5 nitrogen and oxygen atoms in total. The van der Waals surface area contributed by atoms with Gasteiger partial charge in [0.2, 0.25) is 0 Å². The third-order valence-electron chi connectivity index (χ3n) is 3.96. The first-order valence-electron chi connectivity index (χ1n) is 8.09. The number of carbonyl (C=O) groups excluding carboxylic acids is 1. The molecule has 0 aromatic rings. The van der Waals surface area contributed by atoms with Crippen molar-refractivity contribution >= 4 is 12.0 Å². The molecular weight excluding hydrogens is 268 g/mol. The maximum Gasteiger partial charge on any atom is 0.317 e. The number of hydrogen-bond acceptors (Lipinski definition) is 2. The van der Waals surface area contributed by atoms with Gasteiger partial charge in [-0.05, 0) is 32.6 Å². The van der Waals surface area contributed by atoms with Gasteiger partial charge in [0, 0.05) is 19.1 Å². The van der Waals surface area contributed by atoms with Gasteiger partial charge in [0.05, 0.1) is 5.92 Å². The lowest BCUT2D eigenvalue weighted by atomic mass is 10.0. The summed E-state index contributed by atoms with van der Waals surface area (Å²) < 4.78 is 0. The van der Waals surface area contributed by atoms with Crippen molar-refractivity contribution in [3.63, 3.8) is 0 Å². The molecule has 0 saturated carbocycles. The van der Waals surface area contributed by atoms with E-state index in [0.29, 0.717) is 18.9 Å². The monoisotopic (exact) mass is 300 g/mol. The predicted molar refractivity (Wildman–Crippen MR) is 85.3 cm³/mol. The van der Waals surface area contributed by atoms with Crippen molar-refractivity contribution < 1.29 is 14.7 Å². The molecule has 0 spiro atoms. The van der Waals surface area contributed by atoms with Crippen LogP contribution in [0.25, 0.3) is 0 Å². The fourth-order valence-electron chi connectivity index (χ4n) is 2.09. The Hall–Kier alpha value is -1.26. The van der Waals surface area contributed by atoms with E-state index in [0.717, 1.165) is 25.8 Å². The molecule has 3 unspecified atom stereocenters. The Morgan fingerprint density at radius 2 is 1.76 bits per heavy atom. The van der Waals surface area contributed by atoms with Crippen LogP contribution in [0.1, 0.15) is 60.3 Å². The Morgan fingerprint density at radius 1 is 1.14 bits per heavy atom. The molecule has 2 N–H and O–H groups in total. The summed E-state index contributed by atoms with van der Waals surface area (Å²) in [5.41, 5.74) is 0. The third kappa shape index (κ3) is 8.58. The second-order valence-corrected chi connectivity index (χ2v) is 6.07. The maximum atomic E-state index is 12.2. The zero-order valence-electron chi connectivity index (χ0n) is 14.2. The molecular formula is C16H32N2O3. The molecule has 0 aromatic carbocycles. The van der Waals surface area contributed by atoms with Crippen molar-refractivity contribution in [1.82, 2.24) is 10.2 Å². The quantitative estimate of drug-likeness (QED) is 0.650. The molecule has 21 heavy (non-hydrogen) atoms. The third-order valence-corrected chi connectivity index (χ3v) is 3.96. The minimum Gasteiger partial charge on any atom is -0.481 e. The van der Waals surface area contributed by atoms with Gasteiger partial charge in [-0.15, -0.1) is 0 Å². The Balaban J connectivity index is 4.09. The average Bonchev–Trinajstić information content (AvgIpc) is 2.43. The highest BCUT2D eigenvalue weighted by atomic mass is 16.4. The normalized spacial score (nSPS) is 15.1. The lowest BCUT2D eigenvalue weighted by molar-refractivity contribution is -0.141. The van der Waals surface area contributed by atoms with Gasteiger partial charge in [0.15, 0.2) is 0 Å². The first kappa shape index (κ1) is 19.7. The van der Waals surface area contributed by atoms with Gasteiger partial charge in [-0.25, -0.2) is 4.79 Å². The van der Waals surface area contributed by atoms with Crippen LogP contribution >= 0.6 is 0 Å². The molecule has 0 aromatic heterocycles. The summed E-state index contributed by atoms with van der Waals surface area (Å²) >= 11 is 0. The number of carboxylic acid groups (broad SMARTS) is 1. The van der Waals surface area contributed by atoms with Gasteiger partial charge < -0.3 is 15.3 Å². The molecule has 0 fully saturated rings. The standard InChI is InChI=1S/C16H32N2O3/c1-6-12(3)11-18(7-2)16(21)17-14(5)10-8-9-13(4)15(19)20/h12-14H,6-11H2,1-5H3,(H,17,21)(H,19,20). The van der Waals surface area contributed by atoms with Crippen molar-refractivity contribution in [3.8, 4) is 0 Å². The summed E-state index contributed by atoms with van der Waals surface area (Å²) in [7, 11) is 0. The number of carbonyl (C=O) groups is 2. The van der Waals surface area contributed by atoms with E-state index in [-0.39, 0.29) is 18.0 Å². The van der Waals surface area contributed by atoms with Gasteiger partial charge in [0.1, 0.15) is 0 Å². The predicted octanol–water partition coefficient (Wildman–Crippen LogP) is 3.34. The SMILES string of the molecule is CCC(C)CN(CC)C(=O)NC(C)CCCC(C)C(=O)O. The van der Waals surface area contributed by atoms with E-state index in [1.165, 1.54) is 0 Å². The molecule has 3 atom stereocenters. The second kappa shape index (κ2) is 10.5. The van der Waals surface area contributed by atoms with Gasteiger partial charge in [-0.2, -0.15) is 0 Å². The molecule has 124 valence electrons. The van der Waals surface area contributed by atoms with E-state index in [9.17, 15) is 9.59 Å². The number of urea groups is 1. The van der Waals surface area contributed by atoms with Crippen LogP contribution in [0.15, 0.2) is 0 Å². The van der Waals surface area contributed by atoms with Crippen LogP contribution in [0.4, 0.5) is 4.79 Å². The van der Waals surface area contributed by atoms with Crippen LogP contribution in [0.5, 0.6) is 0 Å². The number of aliphatic carboxylic acids is 1. The fourth-order valence-corrected chi connectivity index (χ4v) is 2.09. The highest BCUT2D eigenvalue weighted by molar-refractivity contribution is 5.74. The minimum absolute atomic E-state index is 0.0171. The summed E-state index contributed by atoms with van der Waals surface area (Å²) in [6.45, 7) is 11.4. The number of carboxylic acids is 1. The van der Waals surface area contributed by atoms with Crippen LogP contribution in [-0.2, 0) is 4.79 Å². The summed E-state index contributed by atoms with van der Waals surface area (Å²) in [5, 5.41) is 11.8. The highest BCUT2D eigenvalue weighted by Crippen LogP contribution is 2.10. The number of amides is 2. The van der Waals surface area contributed by atoms with E-state index < -0.39 is 5.97 Å². The first-order chi connectivity index (χ1) is 9.81. The lowest BCUT2D eigenvalue weighted by Gasteiger charge is -2.26. The van der Waals surface area contributed by atoms with E-state index in [4.69, 9.17) is 5.11 Å². The molecule has 0 radical (unpaired) electrons. The smallest absolute Gasteiger partial charge is 0.317 e. The molecule has 2 amide bonds. The summed E-state index contributed by atoms with van der Waals surface area (Å²) in [6, 6.07) is 0.0565. The summed E-state index contributed by atoms with van der Waals surface area (Å²) in [5.74, 6) is -0.565. The number of nitrogens with zero attached hydrogens (tertiary/aromatic N) is 1. The Morgan fingerprint density at radius 3 is 2.24 bits per heavy atom. The van der Waals surface area contributed by atoms with Gasteiger partial charge in [-0.1, -0.05) is 33.6 Å². The number of rotatable bonds is 10. The zero-order valence-corrected chi connectivity index (χ0v) is 14.2. The van der Waals surface area contributed by atoms with E-state index in [1.54, 1.807) is 6.92 Å². The molecule has 0 aliphatic rings. The van der Waals surface area contributed by atoms with Crippen molar-refractivity contribution in [2.75, 3.05) is 13.1 Å². The molecule has 0 bridgehead atoms. The Bertz CT molecular complexity index is 321. The second-order valence-electron chi connectivity index (χ2n) is 6.07.